The zero-order chi connectivity index (χ0) is 16.9. The van der Waals surface area contributed by atoms with Gasteiger partial charge in [0.2, 0.25) is 0 Å². The molecule has 0 aliphatic heterocycles. The number of benzene rings is 1. The first-order valence-corrected chi connectivity index (χ1v) is 10.1. The van der Waals surface area contributed by atoms with Crippen LogP contribution in [0.2, 0.25) is 5.15 Å². The number of fused-ring (bicyclic) bond motifs is 1. The molecule has 0 atom stereocenters. The molecule has 0 bridgehead atoms. The lowest BCUT2D eigenvalue weighted by atomic mass is 10.2. The molecule has 23 heavy (non-hydrogen) atoms. The van der Waals surface area contributed by atoms with E-state index in [0.717, 1.165) is 41.8 Å². The number of thioether (sulfide) groups is 1. The van der Waals surface area contributed by atoms with E-state index in [2.05, 4.69) is 72.6 Å². The summed E-state index contributed by atoms with van der Waals surface area (Å²) < 4.78 is 4.20. The van der Waals surface area contributed by atoms with Crippen LogP contribution in [0.25, 0.3) is 16.7 Å². The first-order chi connectivity index (χ1) is 10.8. The number of aryl methyl sites for hydroxylation is 2. The Labute approximate surface area is 161 Å². The lowest BCUT2D eigenvalue weighted by Crippen LogP contribution is -2.02. The minimum Gasteiger partial charge on any atom is -0.296 e. The van der Waals surface area contributed by atoms with Gasteiger partial charge < -0.3 is 0 Å². The Kier molecular flexibility index (Phi) is 4.80. The van der Waals surface area contributed by atoms with Crippen molar-refractivity contribution < 1.29 is 0 Å². The third-order valence-corrected chi connectivity index (χ3v) is 5.95. The van der Waals surface area contributed by atoms with Gasteiger partial charge in [0.1, 0.15) is 16.6 Å². The van der Waals surface area contributed by atoms with E-state index >= 15 is 0 Å². The lowest BCUT2D eigenvalue weighted by Gasteiger charge is -2.15. The molecule has 0 N–H and O–H groups in total. The molecule has 7 heteroatoms. The van der Waals surface area contributed by atoms with E-state index in [1.165, 1.54) is 0 Å². The lowest BCUT2D eigenvalue weighted by molar-refractivity contribution is 0.967. The normalized spacial score (nSPS) is 11.4. The Bertz CT molecular complexity index is 937. The molecule has 0 aliphatic rings. The standard InChI is InChI=1S/C16H14Br2ClN3S/c1-7-8(2)22(16-13(7)15(19)20-9(3)21-16)14-11(18)5-10(17)6-12(14)23-4/h5-6H,1-4H3. The molecule has 1 aromatic carbocycles. The van der Waals surface area contributed by atoms with Gasteiger partial charge in [-0.2, -0.15) is 0 Å². The molecule has 3 rings (SSSR count). The van der Waals surface area contributed by atoms with Crippen molar-refractivity contribution in [3.8, 4) is 5.69 Å². The molecular weight excluding hydrogens is 462 g/mol. The number of aromatic nitrogens is 3. The summed E-state index contributed by atoms with van der Waals surface area (Å²) in [4.78, 5) is 10.1. The summed E-state index contributed by atoms with van der Waals surface area (Å²) >= 11 is 15.3. The van der Waals surface area contributed by atoms with Crippen LogP contribution in [0.15, 0.2) is 26.0 Å². The monoisotopic (exact) mass is 473 g/mol. The highest BCUT2D eigenvalue weighted by Gasteiger charge is 2.21. The van der Waals surface area contributed by atoms with Crippen LogP contribution in [-0.4, -0.2) is 20.8 Å². The molecule has 0 saturated heterocycles. The second kappa shape index (κ2) is 6.39. The summed E-state index contributed by atoms with van der Waals surface area (Å²) in [5, 5.41) is 1.42. The third kappa shape index (κ3) is 2.84. The van der Waals surface area contributed by atoms with Gasteiger partial charge in [0.15, 0.2) is 0 Å². The van der Waals surface area contributed by atoms with Crippen LogP contribution < -0.4 is 0 Å². The molecule has 0 saturated carbocycles. The molecule has 0 aliphatic carbocycles. The van der Waals surface area contributed by atoms with Gasteiger partial charge in [-0.1, -0.05) is 27.5 Å². The molecule has 0 spiro atoms. The van der Waals surface area contributed by atoms with Crippen molar-refractivity contribution in [2.24, 2.45) is 0 Å². The Morgan fingerprint density at radius 3 is 2.48 bits per heavy atom. The van der Waals surface area contributed by atoms with Crippen molar-refractivity contribution >= 4 is 66.3 Å². The Morgan fingerprint density at radius 2 is 1.83 bits per heavy atom. The van der Waals surface area contributed by atoms with Crippen LogP contribution in [-0.2, 0) is 0 Å². The molecule has 0 amide bonds. The van der Waals surface area contributed by atoms with Crippen molar-refractivity contribution in [1.82, 2.24) is 14.5 Å². The second-order valence-electron chi connectivity index (χ2n) is 5.24. The largest absolute Gasteiger partial charge is 0.296 e. The summed E-state index contributed by atoms with van der Waals surface area (Å²) in [5.74, 6) is 0.667. The highest BCUT2D eigenvalue weighted by atomic mass is 79.9. The van der Waals surface area contributed by atoms with Crippen molar-refractivity contribution in [1.29, 1.82) is 0 Å². The zero-order valence-corrected chi connectivity index (χ0v) is 17.8. The average molecular weight is 476 g/mol. The molecule has 0 fully saturated rings. The molecule has 3 aromatic rings. The average Bonchev–Trinajstić information content (AvgIpc) is 2.70. The number of hydrogen-bond acceptors (Lipinski definition) is 3. The van der Waals surface area contributed by atoms with Gasteiger partial charge in [-0.25, -0.2) is 9.97 Å². The molecule has 0 radical (unpaired) electrons. The highest BCUT2D eigenvalue weighted by molar-refractivity contribution is 9.11. The van der Waals surface area contributed by atoms with Gasteiger partial charge in [-0.05, 0) is 60.7 Å². The fourth-order valence-electron chi connectivity index (χ4n) is 2.70. The van der Waals surface area contributed by atoms with E-state index in [4.69, 9.17) is 11.6 Å². The van der Waals surface area contributed by atoms with Gasteiger partial charge >= 0.3 is 0 Å². The first kappa shape index (κ1) is 17.3. The number of halogens is 3. The SMILES string of the molecule is CSc1cc(Br)cc(Br)c1-n1c(C)c(C)c2c(Cl)nc(C)nc21. The van der Waals surface area contributed by atoms with Gasteiger partial charge in [-0.15, -0.1) is 11.8 Å². The maximum atomic E-state index is 6.39. The number of nitrogens with zero attached hydrogens (tertiary/aromatic N) is 3. The quantitative estimate of drug-likeness (QED) is 0.324. The maximum absolute atomic E-state index is 6.39. The van der Waals surface area contributed by atoms with Crippen LogP contribution >= 0.6 is 55.2 Å². The summed E-state index contributed by atoms with van der Waals surface area (Å²) in [7, 11) is 0. The summed E-state index contributed by atoms with van der Waals surface area (Å²) in [6.07, 6.45) is 2.07. The van der Waals surface area contributed by atoms with Crippen molar-refractivity contribution in [2.45, 2.75) is 25.7 Å². The van der Waals surface area contributed by atoms with Crippen LogP contribution in [0.3, 0.4) is 0 Å². The molecular formula is C16H14Br2ClN3S. The van der Waals surface area contributed by atoms with Crippen LogP contribution in [0.1, 0.15) is 17.1 Å². The minimum absolute atomic E-state index is 0.505. The van der Waals surface area contributed by atoms with E-state index in [9.17, 15) is 0 Å². The van der Waals surface area contributed by atoms with E-state index in [1.54, 1.807) is 11.8 Å². The molecule has 120 valence electrons. The Balaban J connectivity index is 2.50. The van der Waals surface area contributed by atoms with Gasteiger partial charge in [0, 0.05) is 19.5 Å². The zero-order valence-electron chi connectivity index (χ0n) is 13.0. The predicted octanol–water partition coefficient (Wildman–Crippen LogP) is 6.25. The van der Waals surface area contributed by atoms with Gasteiger partial charge in [0.05, 0.1) is 11.1 Å². The van der Waals surface area contributed by atoms with Crippen molar-refractivity contribution in [3.63, 3.8) is 0 Å². The number of rotatable bonds is 2. The van der Waals surface area contributed by atoms with Crippen LogP contribution in [0, 0.1) is 20.8 Å². The second-order valence-corrected chi connectivity index (χ2v) is 8.22. The molecule has 2 heterocycles. The molecule has 0 unspecified atom stereocenters. The van der Waals surface area contributed by atoms with Gasteiger partial charge in [-0.3, -0.25) is 4.57 Å². The Hall–Kier alpha value is -0.560. The van der Waals surface area contributed by atoms with Gasteiger partial charge in [0.25, 0.3) is 0 Å². The van der Waals surface area contributed by atoms with E-state index in [0.29, 0.717) is 11.0 Å². The van der Waals surface area contributed by atoms with E-state index in [-0.39, 0.29) is 0 Å². The van der Waals surface area contributed by atoms with Crippen LogP contribution in [0.4, 0.5) is 0 Å². The topological polar surface area (TPSA) is 30.7 Å². The summed E-state index contributed by atoms with van der Waals surface area (Å²) in [6, 6.07) is 4.16. The fraction of sp³-hybridized carbons (Fsp3) is 0.250. The van der Waals surface area contributed by atoms with E-state index in [1.807, 2.05) is 13.0 Å². The smallest absolute Gasteiger partial charge is 0.150 e. The molecule has 2 aromatic heterocycles. The summed E-state index contributed by atoms with van der Waals surface area (Å²) in [5.41, 5.74) is 4.13. The van der Waals surface area contributed by atoms with Crippen molar-refractivity contribution in [3.05, 3.63) is 43.3 Å². The molecule has 3 nitrogen and oxygen atoms in total. The maximum Gasteiger partial charge on any atom is 0.150 e. The first-order valence-electron chi connectivity index (χ1n) is 6.90. The fourth-order valence-corrected chi connectivity index (χ4v) is 5.38. The third-order valence-electron chi connectivity index (χ3n) is 3.86. The minimum atomic E-state index is 0.505. The number of hydrogen-bond donors (Lipinski definition) is 0. The van der Waals surface area contributed by atoms with Crippen molar-refractivity contribution in [2.75, 3.05) is 6.26 Å². The highest BCUT2D eigenvalue weighted by Crippen LogP contribution is 2.39. The predicted molar refractivity (Wildman–Crippen MR) is 105 cm³/mol. The van der Waals surface area contributed by atoms with Crippen LogP contribution in [0.5, 0.6) is 0 Å². The summed E-state index contributed by atoms with van der Waals surface area (Å²) in [6.45, 7) is 6.00. The van der Waals surface area contributed by atoms with E-state index < -0.39 is 0 Å². The Morgan fingerprint density at radius 1 is 1.13 bits per heavy atom.